The van der Waals surface area contributed by atoms with Gasteiger partial charge in [-0.3, -0.25) is 14.9 Å². The van der Waals surface area contributed by atoms with Gasteiger partial charge in [0.1, 0.15) is 0 Å². The lowest BCUT2D eigenvalue weighted by Crippen LogP contribution is -2.14. The van der Waals surface area contributed by atoms with E-state index < -0.39 is 53.3 Å². The number of esters is 3. The summed E-state index contributed by atoms with van der Waals surface area (Å²) in [5, 5.41) is 8.27. The summed E-state index contributed by atoms with van der Waals surface area (Å²) < 4.78 is 81.8. The first-order chi connectivity index (χ1) is 36.9. The van der Waals surface area contributed by atoms with Crippen LogP contribution in [-0.4, -0.2) is 120 Å². The molecule has 78 heavy (non-hydrogen) atoms. The summed E-state index contributed by atoms with van der Waals surface area (Å²) in [5.41, 5.74) is 5.88. The van der Waals surface area contributed by atoms with Gasteiger partial charge in [-0.1, -0.05) is 97.1 Å². The van der Waals surface area contributed by atoms with E-state index >= 15 is 0 Å². The van der Waals surface area contributed by atoms with E-state index in [-0.39, 0.29) is 20.7 Å². The van der Waals surface area contributed by atoms with Crippen LogP contribution in [0.5, 0.6) is 0 Å². The first kappa shape index (κ1) is 70.6. The Bertz CT molecular complexity index is 3010. The predicted molar refractivity (Wildman–Crippen MR) is 307 cm³/mol. The smallest absolute Gasteiger partial charge is 0.365 e. The Kier molecular flexibility index (Phi) is 34.6. The van der Waals surface area contributed by atoms with Crippen molar-refractivity contribution in [3.63, 3.8) is 0 Å². The summed E-state index contributed by atoms with van der Waals surface area (Å²) in [6.45, 7) is 1.97. The number of rotatable bonds is 15. The second-order valence-electron chi connectivity index (χ2n) is 14.8. The zero-order valence-corrected chi connectivity index (χ0v) is 48.5. The molecule has 2 N–H and O–H groups in total. The van der Waals surface area contributed by atoms with Gasteiger partial charge >= 0.3 is 23.9 Å². The second-order valence-corrected chi connectivity index (χ2v) is 21.6. The zero-order valence-electron chi connectivity index (χ0n) is 44.4. The molecule has 0 unspecified atom stereocenters. The second kappa shape index (κ2) is 38.2. The fraction of sp³-hybridized carbons (Fsp3) is 0.182. The number of sulfone groups is 3. The molecule has 0 radical (unpaired) electrons. The molecule has 0 saturated carbocycles. The van der Waals surface area contributed by atoms with Crippen LogP contribution >= 0.6 is 24.4 Å². The minimum Gasteiger partial charge on any atom is -0.466 e. The van der Waals surface area contributed by atoms with E-state index in [1.165, 1.54) is 94.7 Å². The highest BCUT2D eigenvalue weighted by Crippen LogP contribution is 2.22. The lowest BCUT2D eigenvalue weighted by atomic mass is 10.1. The van der Waals surface area contributed by atoms with Gasteiger partial charge in [0, 0.05) is 54.0 Å². The minimum atomic E-state index is -3.33. The number of hydrogen-bond acceptors (Lipinski definition) is 19. The Morgan fingerprint density at radius 1 is 0.462 bits per heavy atom. The van der Waals surface area contributed by atoms with E-state index in [4.69, 9.17) is 5.21 Å². The molecule has 0 fully saturated rings. The van der Waals surface area contributed by atoms with Crippen LogP contribution in [0.15, 0.2) is 171 Å². The summed E-state index contributed by atoms with van der Waals surface area (Å²) in [4.78, 5) is 64.4. The van der Waals surface area contributed by atoms with Crippen LogP contribution in [0.1, 0.15) is 33.4 Å². The molecule has 5 aromatic carbocycles. The molecule has 0 bridgehead atoms. The summed E-state index contributed by atoms with van der Waals surface area (Å²) in [7, 11) is -4.74. The number of amides is 1. The highest BCUT2D eigenvalue weighted by atomic mass is 32.2. The van der Waals surface area contributed by atoms with Gasteiger partial charge in [-0.15, -0.1) is 11.8 Å². The van der Waals surface area contributed by atoms with E-state index in [9.17, 15) is 49.2 Å². The number of nitrogens with one attached hydrogen (secondary N) is 1. The highest BCUT2D eigenvalue weighted by Gasteiger charge is 2.13. The average molecular weight is 1170 g/mol. The van der Waals surface area contributed by atoms with Gasteiger partial charge in [0.2, 0.25) is 0 Å². The van der Waals surface area contributed by atoms with E-state index in [0.717, 1.165) is 46.4 Å². The molecule has 0 spiro atoms. The number of carbonyl (C=O) groups is 5. The quantitative estimate of drug-likeness (QED) is 0.0130. The van der Waals surface area contributed by atoms with E-state index in [1.54, 1.807) is 84.8 Å². The topological polar surface area (TPSA) is 266 Å². The Morgan fingerprint density at radius 3 is 1.09 bits per heavy atom. The monoisotopic (exact) mass is 1170 g/mol. The van der Waals surface area contributed by atoms with Gasteiger partial charge in [-0.2, -0.15) is 17.5 Å². The summed E-state index contributed by atoms with van der Waals surface area (Å²) in [6.07, 6.45) is 20.8. The molecule has 5 rings (SSSR count). The number of hydrogen-bond donors (Lipinski definition) is 3. The van der Waals surface area contributed by atoms with Crippen LogP contribution < -0.4 is 5.48 Å². The lowest BCUT2D eigenvalue weighted by Gasteiger charge is -2.02. The van der Waals surface area contributed by atoms with Crippen LogP contribution in [0, 0.1) is 6.92 Å². The standard InChI is InChI=1S/2C11H12O4S.C11H12O3.C11H12O2S.C10H11NO4S.CH4S/c2*1-15-11(12)8-7-9-5-3-4-6-10(9)16(2,13)14;1-9-5-3-4-6-10(9)7-8-11(12)14-13-2;1-13-11(12)8-7-9-5-3-4-6-10(9)14-2;1-16(14,15)9-5-3-2-4-8(9)6-7-10(12)11-13;1-2/h2*3-8H,1-2H3;2*3-8H,1-2H3;2-7,13H,1H3,(H,11,12);2H,1H3/b4*8-7+;7-6+;. The third kappa shape index (κ3) is 29.2. The largest absolute Gasteiger partial charge is 0.466 e. The maximum absolute atomic E-state index is 11.4. The van der Waals surface area contributed by atoms with Crippen molar-refractivity contribution in [3.8, 4) is 0 Å². The molecular weight excluding hydrogens is 1110 g/mol. The van der Waals surface area contributed by atoms with Crippen molar-refractivity contribution in [2.75, 3.05) is 59.7 Å². The molecule has 0 aliphatic rings. The summed E-state index contributed by atoms with van der Waals surface area (Å²) in [5.74, 6) is -2.62. The third-order valence-electron chi connectivity index (χ3n) is 9.17. The molecule has 1 amide bonds. The van der Waals surface area contributed by atoms with Gasteiger partial charge in [0.05, 0.1) is 43.1 Å². The summed E-state index contributed by atoms with van der Waals surface area (Å²) in [6, 6.07) is 34.8. The molecule has 18 nitrogen and oxygen atoms in total. The molecule has 0 heterocycles. The molecule has 0 aromatic heterocycles. The van der Waals surface area contributed by atoms with Gasteiger partial charge in [0.25, 0.3) is 5.91 Å². The van der Waals surface area contributed by atoms with Crippen LogP contribution in [0.3, 0.4) is 0 Å². The van der Waals surface area contributed by atoms with Crippen molar-refractivity contribution in [3.05, 3.63) is 185 Å². The predicted octanol–water partition coefficient (Wildman–Crippen LogP) is 8.41. The van der Waals surface area contributed by atoms with Gasteiger partial charge in [-0.05, 0) is 107 Å². The Balaban J connectivity index is 0.000000943. The van der Waals surface area contributed by atoms with Crippen molar-refractivity contribution < 1.29 is 78.4 Å². The first-order valence-electron chi connectivity index (χ1n) is 22.2. The van der Waals surface area contributed by atoms with E-state index in [2.05, 4.69) is 36.6 Å². The zero-order chi connectivity index (χ0) is 59.3. The number of thiol groups is 1. The van der Waals surface area contributed by atoms with Crippen molar-refractivity contribution in [1.29, 1.82) is 0 Å². The van der Waals surface area contributed by atoms with Gasteiger partial charge in [-0.25, -0.2) is 49.9 Å². The average Bonchev–Trinajstić information content (AvgIpc) is 3.43. The number of aryl methyl sites for hydroxylation is 1. The Hall–Kier alpha value is -7.38. The highest BCUT2D eigenvalue weighted by molar-refractivity contribution is 7.98. The summed E-state index contributed by atoms with van der Waals surface area (Å²) >= 11 is 5.18. The molecule has 23 heteroatoms. The van der Waals surface area contributed by atoms with Crippen LogP contribution in [0.4, 0.5) is 0 Å². The number of benzene rings is 5. The molecule has 0 aliphatic heterocycles. The maximum Gasteiger partial charge on any atom is 0.365 e. The van der Waals surface area contributed by atoms with Crippen LogP contribution in [0.25, 0.3) is 30.4 Å². The maximum atomic E-state index is 11.4. The normalized spacial score (nSPS) is 11.0. The van der Waals surface area contributed by atoms with Crippen LogP contribution in [0.2, 0.25) is 0 Å². The number of methoxy groups -OCH3 is 3. The van der Waals surface area contributed by atoms with E-state index in [0.29, 0.717) is 16.7 Å². The Labute approximate surface area is 466 Å². The molecule has 420 valence electrons. The lowest BCUT2D eigenvalue weighted by molar-refractivity contribution is -0.249. The molecule has 0 saturated heterocycles. The first-order valence-corrected chi connectivity index (χ1v) is 30.0. The third-order valence-corrected chi connectivity index (χ3v) is 13.5. The molecule has 5 aromatic rings. The fourth-order valence-electron chi connectivity index (χ4n) is 5.59. The number of thioether (sulfide) groups is 1. The van der Waals surface area contributed by atoms with Crippen molar-refractivity contribution in [1.82, 2.24) is 5.48 Å². The number of carbonyl (C=O) groups excluding carboxylic acids is 5. The Morgan fingerprint density at radius 2 is 0.756 bits per heavy atom. The fourth-order valence-corrected chi connectivity index (χ4v) is 8.85. The van der Waals surface area contributed by atoms with E-state index in [1.807, 2.05) is 61.7 Å². The van der Waals surface area contributed by atoms with Crippen molar-refractivity contribution in [2.45, 2.75) is 26.5 Å². The molecular formula is C55H63NO17S5. The van der Waals surface area contributed by atoms with Gasteiger partial charge < -0.3 is 14.2 Å². The number of ether oxygens (including phenoxy) is 3. The minimum absolute atomic E-state index is 0.136. The molecule has 0 atom stereocenters. The van der Waals surface area contributed by atoms with Crippen molar-refractivity contribution in [2.24, 2.45) is 0 Å². The van der Waals surface area contributed by atoms with Crippen molar-refractivity contribution >= 4 is 114 Å². The van der Waals surface area contributed by atoms with Crippen LogP contribution in [-0.2, 0) is 77.5 Å². The number of hydroxylamine groups is 1. The van der Waals surface area contributed by atoms with Gasteiger partial charge in [0.15, 0.2) is 29.5 Å². The molecule has 0 aliphatic carbocycles. The SMILES string of the molecule is COC(=O)/C=C/c1ccccc1S(C)(=O)=O.COC(=O)/C=C/c1ccccc1S(C)(=O)=O.COC(=O)/C=C/c1ccccc1SC.COOC(=O)/C=C/c1ccccc1C.CS.CS(=O)(=O)c1ccccc1/C=C/C(=O)NO.